The van der Waals surface area contributed by atoms with Crippen LogP contribution in [-0.2, 0) is 17.8 Å². The number of hydrogen-bond donors (Lipinski definition) is 2. The maximum Gasteiger partial charge on any atom is 0.269 e. The summed E-state index contributed by atoms with van der Waals surface area (Å²) in [6.45, 7) is 4.65. The van der Waals surface area contributed by atoms with Crippen molar-refractivity contribution in [3.05, 3.63) is 53.3 Å². The Morgan fingerprint density at radius 2 is 1.97 bits per heavy atom. The molecule has 7 nitrogen and oxygen atoms in total. The number of fused-ring (bicyclic) bond motifs is 1. The van der Waals surface area contributed by atoms with E-state index >= 15 is 0 Å². The van der Waals surface area contributed by atoms with Gasteiger partial charge in [0.2, 0.25) is 5.91 Å². The minimum Gasteiger partial charge on any atom is -0.368 e. The van der Waals surface area contributed by atoms with Crippen molar-refractivity contribution in [3.63, 3.8) is 0 Å². The lowest BCUT2D eigenvalue weighted by Gasteiger charge is -2.36. The van der Waals surface area contributed by atoms with Gasteiger partial charge in [-0.05, 0) is 48.6 Å². The van der Waals surface area contributed by atoms with Gasteiger partial charge in [0.25, 0.3) is 5.91 Å². The van der Waals surface area contributed by atoms with Crippen LogP contribution in [0.3, 0.4) is 0 Å². The highest BCUT2D eigenvalue weighted by Gasteiger charge is 2.51. The summed E-state index contributed by atoms with van der Waals surface area (Å²) in [4.78, 5) is 33.0. The average molecular weight is 406 g/mol. The van der Waals surface area contributed by atoms with E-state index in [9.17, 15) is 9.59 Å². The van der Waals surface area contributed by atoms with Crippen LogP contribution in [0.2, 0.25) is 0 Å². The molecule has 0 bridgehead atoms. The van der Waals surface area contributed by atoms with Crippen molar-refractivity contribution in [2.75, 3.05) is 43.4 Å². The third-order valence-electron chi connectivity index (χ3n) is 6.64. The standard InChI is InChI=1S/C23H27N5O2/c1-24-21(29)19-5-4-18(14-25-19)28-10-8-27(9-11-28)15-16-2-3-17-13-23(6-7-23)22(30)26-20(17)12-16/h2-5,12,14H,6-11,13,15H2,1H3,(H,24,29)(H,26,30). The Balaban J connectivity index is 1.18. The van der Waals surface area contributed by atoms with Crippen LogP contribution in [0, 0.1) is 5.41 Å². The highest BCUT2D eigenvalue weighted by Crippen LogP contribution is 2.52. The van der Waals surface area contributed by atoms with E-state index in [0.717, 1.165) is 63.4 Å². The molecule has 0 unspecified atom stereocenters. The van der Waals surface area contributed by atoms with Gasteiger partial charge in [-0.1, -0.05) is 12.1 Å². The molecule has 1 aliphatic carbocycles. The number of carbonyl (C=O) groups excluding carboxylic acids is 2. The lowest BCUT2D eigenvalue weighted by Crippen LogP contribution is -2.46. The summed E-state index contributed by atoms with van der Waals surface area (Å²) in [5.41, 5.74) is 4.90. The molecular formula is C23H27N5O2. The molecule has 1 saturated heterocycles. The van der Waals surface area contributed by atoms with Crippen molar-refractivity contribution in [3.8, 4) is 0 Å². The number of hydrogen-bond acceptors (Lipinski definition) is 5. The molecule has 5 rings (SSSR count). The van der Waals surface area contributed by atoms with E-state index in [0.29, 0.717) is 5.69 Å². The number of piperazine rings is 1. The fraction of sp³-hybridized carbons (Fsp3) is 0.435. The van der Waals surface area contributed by atoms with Gasteiger partial charge in [-0.25, -0.2) is 4.98 Å². The number of aromatic nitrogens is 1. The summed E-state index contributed by atoms with van der Waals surface area (Å²) in [5, 5.41) is 5.73. The van der Waals surface area contributed by atoms with E-state index < -0.39 is 0 Å². The smallest absolute Gasteiger partial charge is 0.269 e. The molecule has 3 heterocycles. The van der Waals surface area contributed by atoms with Crippen molar-refractivity contribution in [1.29, 1.82) is 0 Å². The summed E-state index contributed by atoms with van der Waals surface area (Å²) >= 11 is 0. The molecule has 0 atom stereocenters. The Morgan fingerprint density at radius 3 is 2.63 bits per heavy atom. The zero-order chi connectivity index (χ0) is 20.7. The second-order valence-corrected chi connectivity index (χ2v) is 8.65. The summed E-state index contributed by atoms with van der Waals surface area (Å²) in [6.07, 6.45) is 4.71. The van der Waals surface area contributed by atoms with Crippen LogP contribution in [0.25, 0.3) is 0 Å². The van der Waals surface area contributed by atoms with Gasteiger partial charge in [0.05, 0.1) is 17.3 Å². The number of benzene rings is 1. The Kier molecular flexibility index (Phi) is 4.70. The van der Waals surface area contributed by atoms with E-state index in [4.69, 9.17) is 0 Å². The highest BCUT2D eigenvalue weighted by atomic mass is 16.2. The SMILES string of the molecule is CNC(=O)c1ccc(N2CCN(Cc3ccc4c(c3)NC(=O)C3(CC3)C4)CC2)cn1. The summed E-state index contributed by atoms with van der Waals surface area (Å²) < 4.78 is 0. The number of nitrogens with zero attached hydrogens (tertiary/aromatic N) is 3. The largest absolute Gasteiger partial charge is 0.368 e. The summed E-state index contributed by atoms with van der Waals surface area (Å²) in [6, 6.07) is 10.3. The summed E-state index contributed by atoms with van der Waals surface area (Å²) in [7, 11) is 1.61. The van der Waals surface area contributed by atoms with Gasteiger partial charge in [0.15, 0.2) is 0 Å². The number of nitrogens with one attached hydrogen (secondary N) is 2. The molecule has 1 aromatic carbocycles. The molecule has 2 fully saturated rings. The lowest BCUT2D eigenvalue weighted by atomic mass is 9.90. The molecule has 2 amide bonds. The van der Waals surface area contributed by atoms with Crippen molar-refractivity contribution >= 4 is 23.2 Å². The molecule has 2 N–H and O–H groups in total. The minimum absolute atomic E-state index is 0.0990. The van der Waals surface area contributed by atoms with E-state index in [-0.39, 0.29) is 17.2 Å². The van der Waals surface area contributed by atoms with Crippen molar-refractivity contribution in [2.24, 2.45) is 5.41 Å². The lowest BCUT2D eigenvalue weighted by molar-refractivity contribution is -0.121. The molecule has 1 aromatic heterocycles. The van der Waals surface area contributed by atoms with Crippen molar-refractivity contribution in [1.82, 2.24) is 15.2 Å². The topological polar surface area (TPSA) is 77.6 Å². The Morgan fingerprint density at radius 1 is 1.17 bits per heavy atom. The Bertz CT molecular complexity index is 976. The van der Waals surface area contributed by atoms with E-state index in [2.05, 4.69) is 43.6 Å². The second-order valence-electron chi connectivity index (χ2n) is 8.65. The van der Waals surface area contributed by atoms with Crippen LogP contribution in [0.15, 0.2) is 36.5 Å². The Labute approximate surface area is 176 Å². The first-order valence-corrected chi connectivity index (χ1v) is 10.6. The number of carbonyl (C=O) groups is 2. The van der Waals surface area contributed by atoms with Gasteiger partial charge in [0, 0.05) is 45.5 Å². The summed E-state index contributed by atoms with van der Waals surface area (Å²) in [5.74, 6) is 0.0386. The normalized spacial score (nSPS) is 19.9. The molecule has 3 aliphatic rings. The first-order valence-electron chi connectivity index (χ1n) is 10.6. The maximum atomic E-state index is 12.3. The first kappa shape index (κ1) is 19.1. The monoisotopic (exact) mass is 405 g/mol. The zero-order valence-corrected chi connectivity index (χ0v) is 17.3. The molecule has 1 spiro atoms. The van der Waals surface area contributed by atoms with Gasteiger partial charge >= 0.3 is 0 Å². The van der Waals surface area contributed by atoms with Gasteiger partial charge < -0.3 is 15.5 Å². The minimum atomic E-state index is -0.167. The van der Waals surface area contributed by atoms with Gasteiger partial charge in [-0.3, -0.25) is 14.5 Å². The molecular weight excluding hydrogens is 378 g/mol. The molecule has 30 heavy (non-hydrogen) atoms. The van der Waals surface area contributed by atoms with Crippen LogP contribution >= 0.6 is 0 Å². The third-order valence-corrected chi connectivity index (χ3v) is 6.64. The maximum absolute atomic E-state index is 12.3. The van der Waals surface area contributed by atoms with Crippen LogP contribution in [-0.4, -0.2) is 54.9 Å². The molecule has 1 saturated carbocycles. The fourth-order valence-corrected chi connectivity index (χ4v) is 4.50. The predicted molar refractivity (Wildman–Crippen MR) is 116 cm³/mol. The molecule has 2 aliphatic heterocycles. The van der Waals surface area contributed by atoms with Crippen LogP contribution in [0.5, 0.6) is 0 Å². The van der Waals surface area contributed by atoms with Gasteiger partial charge in [0.1, 0.15) is 5.69 Å². The quantitative estimate of drug-likeness (QED) is 0.814. The van der Waals surface area contributed by atoms with E-state index in [1.54, 1.807) is 19.3 Å². The first-order chi connectivity index (χ1) is 14.6. The molecule has 156 valence electrons. The van der Waals surface area contributed by atoms with Crippen molar-refractivity contribution in [2.45, 2.75) is 25.8 Å². The molecule has 2 aromatic rings. The highest BCUT2D eigenvalue weighted by molar-refractivity contribution is 6.00. The van der Waals surface area contributed by atoms with E-state index in [1.807, 2.05) is 6.07 Å². The number of anilines is 2. The zero-order valence-electron chi connectivity index (χ0n) is 17.3. The Hall–Kier alpha value is -2.93. The number of amides is 2. The van der Waals surface area contributed by atoms with Gasteiger partial charge in [-0.15, -0.1) is 0 Å². The van der Waals surface area contributed by atoms with E-state index in [1.165, 1.54) is 11.1 Å². The molecule has 0 radical (unpaired) electrons. The van der Waals surface area contributed by atoms with Crippen LogP contribution < -0.4 is 15.5 Å². The van der Waals surface area contributed by atoms with Gasteiger partial charge in [-0.2, -0.15) is 0 Å². The average Bonchev–Trinajstić information content (AvgIpc) is 3.55. The van der Waals surface area contributed by atoms with Crippen molar-refractivity contribution < 1.29 is 9.59 Å². The third kappa shape index (κ3) is 3.54. The molecule has 7 heteroatoms. The van der Waals surface area contributed by atoms with Crippen LogP contribution in [0.1, 0.15) is 34.5 Å². The number of pyridine rings is 1. The predicted octanol–water partition coefficient (Wildman–Crippen LogP) is 2.04. The fourth-order valence-electron chi connectivity index (χ4n) is 4.50. The van der Waals surface area contributed by atoms with Crippen LogP contribution in [0.4, 0.5) is 11.4 Å². The number of rotatable bonds is 4. The second kappa shape index (κ2) is 7.40.